The second-order valence-electron chi connectivity index (χ2n) is 5.30. The van der Waals surface area contributed by atoms with Crippen LogP contribution in [0.25, 0.3) is 0 Å². The van der Waals surface area contributed by atoms with Crippen molar-refractivity contribution in [3.63, 3.8) is 0 Å². The fourth-order valence-electron chi connectivity index (χ4n) is 2.06. The van der Waals surface area contributed by atoms with Gasteiger partial charge in [-0.1, -0.05) is 23.2 Å². The van der Waals surface area contributed by atoms with Crippen LogP contribution in [0.2, 0.25) is 10.0 Å². The zero-order chi connectivity index (χ0) is 18.6. The van der Waals surface area contributed by atoms with Gasteiger partial charge in [0.15, 0.2) is 23.4 Å². The average molecular weight is 382 g/mol. The monoisotopic (exact) mass is 381 g/mol. The number of rotatable bonds is 6. The van der Waals surface area contributed by atoms with Crippen molar-refractivity contribution in [3.8, 4) is 11.5 Å². The van der Waals surface area contributed by atoms with Gasteiger partial charge in [-0.3, -0.25) is 9.59 Å². The summed E-state index contributed by atoms with van der Waals surface area (Å²) in [4.78, 5) is 23.8. The maximum Gasteiger partial charge on any atom is 0.265 e. The molecule has 0 aliphatic heterocycles. The zero-order valence-electron chi connectivity index (χ0n) is 13.9. The summed E-state index contributed by atoms with van der Waals surface area (Å²) in [5, 5.41) is 3.49. The lowest BCUT2D eigenvalue weighted by Gasteiger charge is -2.17. The van der Waals surface area contributed by atoms with Crippen molar-refractivity contribution >= 4 is 40.6 Å². The Morgan fingerprint density at radius 3 is 2.44 bits per heavy atom. The van der Waals surface area contributed by atoms with Gasteiger partial charge in [0.25, 0.3) is 5.91 Å². The molecule has 0 bridgehead atoms. The van der Waals surface area contributed by atoms with Crippen molar-refractivity contribution in [1.29, 1.82) is 0 Å². The molecule has 1 atom stereocenters. The second kappa shape index (κ2) is 8.23. The highest BCUT2D eigenvalue weighted by atomic mass is 35.5. The van der Waals surface area contributed by atoms with E-state index < -0.39 is 12.0 Å². The highest BCUT2D eigenvalue weighted by molar-refractivity contribution is 6.35. The van der Waals surface area contributed by atoms with E-state index in [0.29, 0.717) is 32.8 Å². The third-order valence-corrected chi connectivity index (χ3v) is 3.99. The molecule has 1 amide bonds. The second-order valence-corrected chi connectivity index (χ2v) is 6.14. The fourth-order valence-corrected chi connectivity index (χ4v) is 2.39. The molecule has 132 valence electrons. The molecule has 2 rings (SSSR count). The molecule has 0 aromatic heterocycles. The molecule has 1 N–H and O–H groups in total. The smallest absolute Gasteiger partial charge is 0.265 e. The Kier molecular flexibility index (Phi) is 6.28. The molecule has 0 saturated carbocycles. The molecular weight excluding hydrogens is 365 g/mol. The molecule has 0 saturated heterocycles. The van der Waals surface area contributed by atoms with Crippen LogP contribution in [-0.4, -0.2) is 24.9 Å². The normalized spacial score (nSPS) is 11.6. The largest absolute Gasteiger partial charge is 0.493 e. The van der Waals surface area contributed by atoms with Crippen molar-refractivity contribution in [2.45, 2.75) is 20.0 Å². The van der Waals surface area contributed by atoms with E-state index in [0.717, 1.165) is 0 Å². The fraction of sp³-hybridized carbons (Fsp3) is 0.222. The molecule has 0 aliphatic carbocycles. The summed E-state index contributed by atoms with van der Waals surface area (Å²) in [6.07, 6.45) is -0.827. The predicted octanol–water partition coefficient (Wildman–Crippen LogP) is 4.61. The minimum absolute atomic E-state index is 0.0914. The number of hydrogen-bond acceptors (Lipinski definition) is 4. The number of benzene rings is 2. The van der Waals surface area contributed by atoms with E-state index in [4.69, 9.17) is 32.7 Å². The number of carbonyl (C=O) groups is 2. The first-order chi connectivity index (χ1) is 11.8. The van der Waals surface area contributed by atoms with Gasteiger partial charge in [0.2, 0.25) is 0 Å². The number of nitrogens with one attached hydrogen (secondary N) is 1. The maximum atomic E-state index is 12.3. The number of ether oxygens (including phenoxy) is 2. The minimum atomic E-state index is -0.827. The highest BCUT2D eigenvalue weighted by Crippen LogP contribution is 2.30. The highest BCUT2D eigenvalue weighted by Gasteiger charge is 2.19. The van der Waals surface area contributed by atoms with Gasteiger partial charge in [-0.2, -0.15) is 0 Å². The van der Waals surface area contributed by atoms with Crippen LogP contribution in [0.3, 0.4) is 0 Å². The number of ketones is 1. The molecule has 0 fully saturated rings. The summed E-state index contributed by atoms with van der Waals surface area (Å²) in [5.41, 5.74) is 0.889. The van der Waals surface area contributed by atoms with Crippen molar-refractivity contribution in [1.82, 2.24) is 0 Å². The summed E-state index contributed by atoms with van der Waals surface area (Å²) in [5.74, 6) is 0.230. The van der Waals surface area contributed by atoms with Crippen molar-refractivity contribution in [2.24, 2.45) is 0 Å². The number of methoxy groups -OCH3 is 1. The van der Waals surface area contributed by atoms with Crippen LogP contribution in [0, 0.1) is 0 Å². The van der Waals surface area contributed by atoms with E-state index >= 15 is 0 Å². The van der Waals surface area contributed by atoms with E-state index in [1.54, 1.807) is 43.3 Å². The lowest BCUT2D eigenvalue weighted by molar-refractivity contribution is -0.122. The Labute approximate surface area is 155 Å². The molecule has 2 aromatic rings. The summed E-state index contributed by atoms with van der Waals surface area (Å²) < 4.78 is 10.9. The Morgan fingerprint density at radius 2 is 1.80 bits per heavy atom. The van der Waals surface area contributed by atoms with Crippen LogP contribution in [0.1, 0.15) is 24.2 Å². The van der Waals surface area contributed by atoms with Crippen molar-refractivity contribution in [3.05, 3.63) is 52.0 Å². The van der Waals surface area contributed by atoms with E-state index in [-0.39, 0.29) is 5.78 Å². The molecule has 7 heteroatoms. The molecule has 0 radical (unpaired) electrons. The van der Waals surface area contributed by atoms with E-state index in [2.05, 4.69) is 5.32 Å². The van der Waals surface area contributed by atoms with Crippen molar-refractivity contribution in [2.75, 3.05) is 12.4 Å². The van der Waals surface area contributed by atoms with Crippen LogP contribution in [0.5, 0.6) is 11.5 Å². The quantitative estimate of drug-likeness (QED) is 0.741. The lowest BCUT2D eigenvalue weighted by atomic mass is 10.1. The molecule has 0 aliphatic rings. The molecule has 0 unspecified atom stereocenters. The van der Waals surface area contributed by atoms with Crippen LogP contribution >= 0.6 is 23.2 Å². The van der Waals surface area contributed by atoms with Crippen LogP contribution in [0.4, 0.5) is 5.69 Å². The Bertz CT molecular complexity index is 808. The van der Waals surface area contributed by atoms with Crippen LogP contribution in [0.15, 0.2) is 36.4 Å². The van der Waals surface area contributed by atoms with Crippen molar-refractivity contribution < 1.29 is 19.1 Å². The van der Waals surface area contributed by atoms with Gasteiger partial charge < -0.3 is 14.8 Å². The van der Waals surface area contributed by atoms with Gasteiger partial charge in [-0.05, 0) is 50.2 Å². The molecule has 2 aromatic carbocycles. The standard InChI is InChI=1S/C18H17Cl2NO4/c1-10(22)12-4-7-16(17(8-12)24-3)25-11(2)18(23)21-15-9-13(19)5-6-14(15)20/h4-9,11H,1-3H3,(H,21,23)/t11-/m0/s1. The first-order valence-corrected chi connectivity index (χ1v) is 8.19. The minimum Gasteiger partial charge on any atom is -0.493 e. The number of anilines is 1. The molecule has 5 nitrogen and oxygen atoms in total. The molecular formula is C18H17Cl2NO4. The maximum absolute atomic E-state index is 12.3. The first kappa shape index (κ1) is 19.1. The van der Waals surface area contributed by atoms with Gasteiger partial charge in [-0.25, -0.2) is 0 Å². The van der Waals surface area contributed by atoms with E-state index in [1.807, 2.05) is 0 Å². The summed E-state index contributed by atoms with van der Waals surface area (Å²) >= 11 is 11.9. The predicted molar refractivity (Wildman–Crippen MR) is 98.2 cm³/mol. The van der Waals surface area contributed by atoms with Gasteiger partial charge in [-0.15, -0.1) is 0 Å². The van der Waals surface area contributed by atoms with Crippen LogP contribution < -0.4 is 14.8 Å². The Hall–Kier alpha value is -2.24. The number of carbonyl (C=O) groups excluding carboxylic acids is 2. The topological polar surface area (TPSA) is 64.6 Å². The van der Waals surface area contributed by atoms with E-state index in [9.17, 15) is 9.59 Å². The zero-order valence-corrected chi connectivity index (χ0v) is 15.4. The number of amides is 1. The van der Waals surface area contributed by atoms with Gasteiger partial charge in [0.1, 0.15) is 0 Å². The summed E-state index contributed by atoms with van der Waals surface area (Å²) in [6.45, 7) is 3.05. The first-order valence-electron chi connectivity index (χ1n) is 7.43. The molecule has 0 heterocycles. The van der Waals surface area contributed by atoms with Gasteiger partial charge in [0.05, 0.1) is 17.8 Å². The van der Waals surface area contributed by atoms with Crippen LogP contribution in [-0.2, 0) is 4.79 Å². The summed E-state index contributed by atoms with van der Waals surface area (Å²) in [7, 11) is 1.46. The molecule has 25 heavy (non-hydrogen) atoms. The number of halogens is 2. The average Bonchev–Trinajstić information content (AvgIpc) is 2.58. The molecule has 0 spiro atoms. The van der Waals surface area contributed by atoms with E-state index in [1.165, 1.54) is 14.0 Å². The Balaban J connectivity index is 2.13. The number of Topliss-reactive ketones (excluding diaryl/α,β-unsaturated/α-hetero) is 1. The Morgan fingerprint density at radius 1 is 1.08 bits per heavy atom. The third kappa shape index (κ3) is 4.87. The lowest BCUT2D eigenvalue weighted by Crippen LogP contribution is -2.30. The SMILES string of the molecule is COc1cc(C(C)=O)ccc1O[C@@H](C)C(=O)Nc1cc(Cl)ccc1Cl. The summed E-state index contributed by atoms with van der Waals surface area (Å²) in [6, 6.07) is 9.53. The third-order valence-electron chi connectivity index (χ3n) is 3.43. The van der Waals surface area contributed by atoms with Gasteiger partial charge >= 0.3 is 0 Å². The number of hydrogen-bond donors (Lipinski definition) is 1. The van der Waals surface area contributed by atoms with Gasteiger partial charge in [0, 0.05) is 10.6 Å².